The lowest BCUT2D eigenvalue weighted by Crippen LogP contribution is -2.46. The summed E-state index contributed by atoms with van der Waals surface area (Å²) in [7, 11) is 4.60. The number of hydrogen-bond acceptors (Lipinski definition) is 8. The van der Waals surface area contributed by atoms with Crippen LogP contribution in [0.3, 0.4) is 0 Å². The highest BCUT2D eigenvalue weighted by molar-refractivity contribution is 5.23. The quantitative estimate of drug-likeness (QED) is 0.532. The van der Waals surface area contributed by atoms with Crippen LogP contribution >= 0.6 is 0 Å². The first-order chi connectivity index (χ1) is 20.6. The smallest absolute Gasteiger partial charge is 0.0234 e. The van der Waals surface area contributed by atoms with E-state index >= 15 is 0 Å². The van der Waals surface area contributed by atoms with Crippen molar-refractivity contribution < 1.29 is 0 Å². The van der Waals surface area contributed by atoms with Gasteiger partial charge in [0, 0.05) is 91.6 Å². The Balaban J connectivity index is 1.17. The van der Waals surface area contributed by atoms with Gasteiger partial charge in [0.05, 0.1) is 0 Å². The van der Waals surface area contributed by atoms with Crippen LogP contribution < -0.4 is 0 Å². The third-order valence-electron chi connectivity index (χ3n) is 10.3. The first-order valence-corrected chi connectivity index (χ1v) is 17.4. The van der Waals surface area contributed by atoms with Crippen molar-refractivity contribution >= 4 is 0 Å². The van der Waals surface area contributed by atoms with Crippen LogP contribution in [0.1, 0.15) is 36.8 Å². The molecule has 4 atom stereocenters. The van der Waals surface area contributed by atoms with Crippen molar-refractivity contribution in [2.45, 2.75) is 38.8 Å². The highest BCUT2D eigenvalue weighted by atomic mass is 15.3. The van der Waals surface area contributed by atoms with Crippen LogP contribution in [0.5, 0.6) is 0 Å². The van der Waals surface area contributed by atoms with Gasteiger partial charge in [0.1, 0.15) is 0 Å². The zero-order valence-corrected chi connectivity index (χ0v) is 27.3. The Bertz CT molecular complexity index is 831. The van der Waals surface area contributed by atoms with E-state index in [1.54, 1.807) is 0 Å². The normalized spacial score (nSPS) is 31.5. The van der Waals surface area contributed by atoms with E-state index in [-0.39, 0.29) is 0 Å². The van der Waals surface area contributed by atoms with Crippen molar-refractivity contribution in [1.82, 2.24) is 39.2 Å². The standard InChI is InChI=1S/C34H62N8/c1-35-10-4-12-39-24-22-37(20-18-35)14-6-16-41(28-26-39)31-33-8-3-9-34(30-33)32-42-17-7-15-38-21-19-36(2)11-5-13-40(25-23-38)27-29-42/h3,8-9,30H,4-7,10-29,31-32H2,1-2H3. The van der Waals surface area contributed by atoms with Gasteiger partial charge in [-0.25, -0.2) is 0 Å². The summed E-state index contributed by atoms with van der Waals surface area (Å²) in [5.74, 6) is 0. The Morgan fingerprint density at radius 2 is 0.762 bits per heavy atom. The second kappa shape index (κ2) is 17.4. The molecule has 5 rings (SSSR count). The van der Waals surface area contributed by atoms with Crippen LogP contribution in [-0.2, 0) is 13.1 Å². The summed E-state index contributed by atoms with van der Waals surface area (Å²) in [5, 5.41) is 0. The van der Waals surface area contributed by atoms with Crippen LogP contribution in [0.15, 0.2) is 24.3 Å². The van der Waals surface area contributed by atoms with E-state index in [2.05, 4.69) is 77.6 Å². The van der Waals surface area contributed by atoms with Gasteiger partial charge >= 0.3 is 0 Å². The summed E-state index contributed by atoms with van der Waals surface area (Å²) in [6.07, 6.45) is 5.15. The first kappa shape index (κ1) is 32.3. The van der Waals surface area contributed by atoms with Crippen LogP contribution in [0.4, 0.5) is 0 Å². The van der Waals surface area contributed by atoms with Crippen molar-refractivity contribution in [3.05, 3.63) is 35.4 Å². The van der Waals surface area contributed by atoms with Crippen LogP contribution in [-0.4, -0.2) is 184 Å². The molecule has 4 saturated heterocycles. The Kier molecular flexibility index (Phi) is 13.4. The van der Waals surface area contributed by atoms with Gasteiger partial charge in [-0.1, -0.05) is 24.3 Å². The van der Waals surface area contributed by atoms with Gasteiger partial charge in [-0.15, -0.1) is 0 Å². The van der Waals surface area contributed by atoms with Gasteiger partial charge in [-0.2, -0.15) is 0 Å². The minimum atomic E-state index is 1.08. The fraction of sp³-hybridized carbons (Fsp3) is 0.824. The maximum absolute atomic E-state index is 2.74. The first-order valence-electron chi connectivity index (χ1n) is 17.4. The molecule has 0 N–H and O–H groups in total. The van der Waals surface area contributed by atoms with E-state index < -0.39 is 0 Å². The molecule has 0 amide bonds. The topological polar surface area (TPSA) is 25.9 Å². The van der Waals surface area contributed by atoms with Crippen LogP contribution in [0.25, 0.3) is 0 Å². The molecule has 0 aromatic heterocycles. The highest BCUT2D eigenvalue weighted by Gasteiger charge is 2.19. The molecular weight excluding hydrogens is 520 g/mol. The molecule has 238 valence electrons. The Labute approximate surface area is 258 Å². The summed E-state index contributed by atoms with van der Waals surface area (Å²) in [4.78, 5) is 21.5. The molecule has 42 heavy (non-hydrogen) atoms. The largest absolute Gasteiger partial charge is 0.305 e. The van der Waals surface area contributed by atoms with Crippen molar-refractivity contribution in [1.29, 1.82) is 0 Å². The average Bonchev–Trinajstić information content (AvgIpc) is 2.99. The maximum atomic E-state index is 2.74. The molecule has 4 aliphatic heterocycles. The molecular formula is C34H62N8. The molecule has 0 spiro atoms. The van der Waals surface area contributed by atoms with Crippen molar-refractivity contribution in [3.63, 3.8) is 0 Å². The number of benzene rings is 1. The number of fused-ring (bicyclic) bond motifs is 6. The van der Waals surface area contributed by atoms with Crippen LogP contribution in [0.2, 0.25) is 0 Å². The van der Waals surface area contributed by atoms with E-state index in [1.807, 2.05) is 0 Å². The molecule has 8 heteroatoms. The summed E-state index contributed by atoms with van der Waals surface area (Å²) in [5.41, 5.74) is 2.99. The lowest BCUT2D eigenvalue weighted by atomic mass is 10.1. The maximum Gasteiger partial charge on any atom is 0.0234 e. The molecule has 4 bridgehead atoms. The zero-order chi connectivity index (χ0) is 29.0. The molecule has 8 nitrogen and oxygen atoms in total. The van der Waals surface area contributed by atoms with Gasteiger partial charge in [0.15, 0.2) is 0 Å². The number of likely N-dealkylation sites (N-methyl/N-ethyl adjacent to an activating group) is 2. The van der Waals surface area contributed by atoms with E-state index in [9.17, 15) is 0 Å². The molecule has 0 saturated carbocycles. The van der Waals surface area contributed by atoms with Crippen LogP contribution in [0, 0.1) is 0 Å². The summed E-state index contributed by atoms with van der Waals surface area (Å²) in [6.45, 7) is 26.6. The molecule has 0 aliphatic carbocycles. The Hall–Kier alpha value is -1.10. The lowest BCUT2D eigenvalue weighted by molar-refractivity contribution is 0.124. The fourth-order valence-corrected chi connectivity index (χ4v) is 7.37. The van der Waals surface area contributed by atoms with Crippen molar-refractivity contribution in [2.24, 2.45) is 0 Å². The summed E-state index contributed by atoms with van der Waals surface area (Å²) >= 11 is 0. The van der Waals surface area contributed by atoms with E-state index in [0.717, 1.165) is 13.1 Å². The predicted molar refractivity (Wildman–Crippen MR) is 176 cm³/mol. The van der Waals surface area contributed by atoms with Gasteiger partial charge < -0.3 is 29.4 Å². The van der Waals surface area contributed by atoms with Gasteiger partial charge in [0.25, 0.3) is 0 Å². The lowest BCUT2D eigenvalue weighted by Gasteiger charge is -2.35. The Morgan fingerprint density at radius 3 is 1.19 bits per heavy atom. The zero-order valence-electron chi connectivity index (χ0n) is 27.3. The summed E-state index contributed by atoms with van der Waals surface area (Å²) in [6, 6.07) is 9.59. The van der Waals surface area contributed by atoms with Gasteiger partial charge in [-0.05, 0) is 103 Å². The molecule has 4 unspecified atom stereocenters. The molecule has 1 aromatic rings. The van der Waals surface area contributed by atoms with E-state index in [1.165, 1.54) is 168 Å². The van der Waals surface area contributed by atoms with E-state index in [0.29, 0.717) is 0 Å². The highest BCUT2D eigenvalue weighted by Crippen LogP contribution is 2.14. The second-order valence-electron chi connectivity index (χ2n) is 13.8. The number of hydrogen-bond donors (Lipinski definition) is 0. The molecule has 4 heterocycles. The average molecular weight is 583 g/mol. The minimum Gasteiger partial charge on any atom is -0.305 e. The second-order valence-corrected chi connectivity index (χ2v) is 13.8. The number of rotatable bonds is 4. The molecule has 1 aromatic carbocycles. The fourth-order valence-electron chi connectivity index (χ4n) is 7.37. The van der Waals surface area contributed by atoms with Gasteiger partial charge in [0.2, 0.25) is 0 Å². The third kappa shape index (κ3) is 11.1. The monoisotopic (exact) mass is 583 g/mol. The molecule has 4 fully saturated rings. The Morgan fingerprint density at radius 1 is 0.405 bits per heavy atom. The predicted octanol–water partition coefficient (Wildman–Crippen LogP) is 1.98. The van der Waals surface area contributed by atoms with Crippen molar-refractivity contribution in [2.75, 3.05) is 145 Å². The minimum absolute atomic E-state index is 1.08. The third-order valence-corrected chi connectivity index (χ3v) is 10.3. The SMILES string of the molecule is CN1CCCN2CCN(CCCN(Cc3cccc(CN4CCCN5CCN(C)CCCN(CC5)CC4)c3)CC2)CC1. The summed E-state index contributed by atoms with van der Waals surface area (Å²) < 4.78 is 0. The number of nitrogens with zero attached hydrogens (tertiary/aromatic N) is 8. The molecule has 0 radical (unpaired) electrons. The van der Waals surface area contributed by atoms with Gasteiger partial charge in [-0.3, -0.25) is 9.80 Å². The van der Waals surface area contributed by atoms with E-state index in [4.69, 9.17) is 0 Å². The van der Waals surface area contributed by atoms with Crippen molar-refractivity contribution in [3.8, 4) is 0 Å². The molecule has 4 aliphatic rings.